The highest BCUT2D eigenvalue weighted by Crippen LogP contribution is 2.25. The second-order valence-corrected chi connectivity index (χ2v) is 7.79. The summed E-state index contributed by atoms with van der Waals surface area (Å²) in [6.07, 6.45) is 0. The average Bonchev–Trinajstić information content (AvgIpc) is 3.14. The van der Waals surface area contributed by atoms with Gasteiger partial charge in [-0.2, -0.15) is 0 Å². The van der Waals surface area contributed by atoms with Gasteiger partial charge in [-0.05, 0) is 40.8 Å². The normalized spacial score (nSPS) is 11.2. The Bertz CT molecular complexity index is 1150. The van der Waals surface area contributed by atoms with Crippen LogP contribution in [0.25, 0.3) is 10.2 Å². The highest BCUT2D eigenvalue weighted by molar-refractivity contribution is 7.98. The van der Waals surface area contributed by atoms with Crippen LogP contribution in [0, 0.1) is 11.6 Å². The summed E-state index contributed by atoms with van der Waals surface area (Å²) < 4.78 is 29.2. The Morgan fingerprint density at radius 2 is 1.81 bits per heavy atom. The van der Waals surface area contributed by atoms with E-state index in [1.54, 1.807) is 41.0 Å². The molecule has 0 aliphatic rings. The van der Waals surface area contributed by atoms with Crippen LogP contribution < -0.4 is 5.56 Å². The molecule has 0 aliphatic heterocycles. The van der Waals surface area contributed by atoms with Crippen molar-refractivity contribution in [2.75, 3.05) is 0 Å². The van der Waals surface area contributed by atoms with Gasteiger partial charge in [0.2, 0.25) is 0 Å². The van der Waals surface area contributed by atoms with Gasteiger partial charge >= 0.3 is 0 Å². The molecule has 3 nitrogen and oxygen atoms in total. The second-order valence-electron chi connectivity index (χ2n) is 5.93. The molecule has 0 spiro atoms. The van der Waals surface area contributed by atoms with E-state index in [9.17, 15) is 13.6 Å². The zero-order valence-electron chi connectivity index (χ0n) is 14.1. The Labute approximate surface area is 162 Å². The van der Waals surface area contributed by atoms with Gasteiger partial charge in [0.1, 0.15) is 16.3 Å². The number of halogens is 2. The molecule has 4 rings (SSSR count). The number of benzene rings is 2. The molecule has 0 amide bonds. The Balaban J connectivity index is 1.72. The summed E-state index contributed by atoms with van der Waals surface area (Å²) in [6.45, 7) is 0.277. The molecule has 7 heteroatoms. The Hall–Kier alpha value is -2.51. The van der Waals surface area contributed by atoms with Crippen molar-refractivity contribution in [3.63, 3.8) is 0 Å². The lowest BCUT2D eigenvalue weighted by molar-refractivity contribution is 0.616. The van der Waals surface area contributed by atoms with Crippen LogP contribution in [0.3, 0.4) is 0 Å². The fourth-order valence-corrected chi connectivity index (χ4v) is 4.47. The van der Waals surface area contributed by atoms with Crippen LogP contribution >= 0.6 is 23.1 Å². The van der Waals surface area contributed by atoms with Gasteiger partial charge in [0.15, 0.2) is 5.16 Å². The predicted octanol–water partition coefficient (Wildman–Crippen LogP) is 5.08. The minimum absolute atomic E-state index is 0.143. The summed E-state index contributed by atoms with van der Waals surface area (Å²) in [7, 11) is 0. The van der Waals surface area contributed by atoms with Gasteiger partial charge in [-0.15, -0.1) is 11.3 Å². The maximum atomic E-state index is 13.9. The first-order valence-corrected chi connectivity index (χ1v) is 10.1. The fourth-order valence-electron chi connectivity index (χ4n) is 2.70. The molecule has 2 heterocycles. The first-order valence-electron chi connectivity index (χ1n) is 8.20. The molecule has 4 aromatic rings. The zero-order valence-corrected chi connectivity index (χ0v) is 15.7. The molecule has 0 atom stereocenters. The number of rotatable bonds is 5. The molecule has 2 aromatic carbocycles. The van der Waals surface area contributed by atoms with Gasteiger partial charge in [0.25, 0.3) is 5.56 Å². The van der Waals surface area contributed by atoms with Crippen LogP contribution in [0.4, 0.5) is 8.78 Å². The molecule has 0 N–H and O–H groups in total. The van der Waals surface area contributed by atoms with Crippen molar-refractivity contribution >= 4 is 33.3 Å². The Morgan fingerprint density at radius 1 is 1.04 bits per heavy atom. The first kappa shape index (κ1) is 17.9. The maximum Gasteiger partial charge on any atom is 0.272 e. The molecule has 0 saturated heterocycles. The van der Waals surface area contributed by atoms with E-state index in [0.29, 0.717) is 26.7 Å². The third kappa shape index (κ3) is 3.79. The van der Waals surface area contributed by atoms with Crippen LogP contribution in [0.15, 0.2) is 69.9 Å². The fraction of sp³-hybridized carbons (Fsp3) is 0.100. The van der Waals surface area contributed by atoms with E-state index in [0.717, 1.165) is 5.56 Å². The van der Waals surface area contributed by atoms with Crippen molar-refractivity contribution < 1.29 is 8.78 Å². The van der Waals surface area contributed by atoms with Crippen molar-refractivity contribution in [1.82, 2.24) is 9.55 Å². The van der Waals surface area contributed by atoms with Crippen LogP contribution in [0.5, 0.6) is 0 Å². The van der Waals surface area contributed by atoms with Crippen molar-refractivity contribution in [1.29, 1.82) is 0 Å². The van der Waals surface area contributed by atoms with Crippen molar-refractivity contribution in [2.45, 2.75) is 17.5 Å². The lowest BCUT2D eigenvalue weighted by Crippen LogP contribution is -2.23. The standard InChI is InChI=1S/C20H14F2N2OS2/c21-15-7-5-13(6-8-15)11-24-19(25)18-17(9-10-26-18)23-20(24)27-12-14-3-1-2-4-16(14)22/h1-10H,11-12H2. The molecule has 0 saturated carbocycles. The molecule has 0 radical (unpaired) electrons. The molecule has 0 bridgehead atoms. The zero-order chi connectivity index (χ0) is 18.8. The van der Waals surface area contributed by atoms with Crippen molar-refractivity contribution in [2.24, 2.45) is 0 Å². The maximum absolute atomic E-state index is 13.9. The minimum atomic E-state index is -0.327. The van der Waals surface area contributed by atoms with Crippen molar-refractivity contribution in [3.05, 3.63) is 93.1 Å². The average molecular weight is 400 g/mol. The van der Waals surface area contributed by atoms with E-state index < -0.39 is 0 Å². The summed E-state index contributed by atoms with van der Waals surface area (Å²) in [6, 6.07) is 14.4. The van der Waals surface area contributed by atoms with E-state index in [4.69, 9.17) is 0 Å². The molecule has 136 valence electrons. The minimum Gasteiger partial charge on any atom is -0.282 e. The largest absolute Gasteiger partial charge is 0.282 e. The molecule has 0 aliphatic carbocycles. The smallest absolute Gasteiger partial charge is 0.272 e. The van der Waals surface area contributed by atoms with E-state index in [1.807, 2.05) is 5.38 Å². The number of thioether (sulfide) groups is 1. The van der Waals surface area contributed by atoms with Crippen LogP contribution in [-0.2, 0) is 12.3 Å². The highest BCUT2D eigenvalue weighted by atomic mass is 32.2. The van der Waals surface area contributed by atoms with Gasteiger partial charge in [0, 0.05) is 5.75 Å². The molecule has 2 aromatic heterocycles. The number of aromatic nitrogens is 2. The number of hydrogen-bond acceptors (Lipinski definition) is 4. The molecular formula is C20H14F2N2OS2. The third-order valence-corrected chi connectivity index (χ3v) is 6.02. The highest BCUT2D eigenvalue weighted by Gasteiger charge is 2.14. The lowest BCUT2D eigenvalue weighted by atomic mass is 10.2. The summed E-state index contributed by atoms with van der Waals surface area (Å²) in [5, 5.41) is 2.34. The number of hydrogen-bond donors (Lipinski definition) is 0. The molecular weight excluding hydrogens is 386 g/mol. The molecule has 27 heavy (non-hydrogen) atoms. The summed E-state index contributed by atoms with van der Waals surface area (Å²) in [4.78, 5) is 17.5. The Morgan fingerprint density at radius 3 is 2.59 bits per heavy atom. The van der Waals surface area contributed by atoms with Gasteiger partial charge in [-0.25, -0.2) is 13.8 Å². The summed E-state index contributed by atoms with van der Waals surface area (Å²) >= 11 is 2.65. The monoisotopic (exact) mass is 400 g/mol. The van der Waals surface area contributed by atoms with Crippen molar-refractivity contribution in [3.8, 4) is 0 Å². The lowest BCUT2D eigenvalue weighted by Gasteiger charge is -2.12. The van der Waals surface area contributed by atoms with Crippen LogP contribution in [0.2, 0.25) is 0 Å². The predicted molar refractivity (Wildman–Crippen MR) is 105 cm³/mol. The van der Waals surface area contributed by atoms with E-state index >= 15 is 0 Å². The van der Waals surface area contributed by atoms with E-state index in [-0.39, 0.29) is 23.7 Å². The summed E-state index contributed by atoms with van der Waals surface area (Å²) in [5.74, 6) is -0.251. The van der Waals surface area contributed by atoms with Gasteiger partial charge in [-0.3, -0.25) is 9.36 Å². The van der Waals surface area contributed by atoms with Crippen LogP contribution in [-0.4, -0.2) is 9.55 Å². The summed E-state index contributed by atoms with van der Waals surface area (Å²) in [5.41, 5.74) is 1.84. The Kier molecular flexibility index (Phi) is 5.05. The number of thiophene rings is 1. The first-order chi connectivity index (χ1) is 13.1. The quantitative estimate of drug-likeness (QED) is 0.346. The van der Waals surface area contributed by atoms with E-state index in [2.05, 4.69) is 4.98 Å². The van der Waals surface area contributed by atoms with Gasteiger partial charge in [0.05, 0.1) is 12.1 Å². The number of nitrogens with zero attached hydrogens (tertiary/aromatic N) is 2. The third-order valence-electron chi connectivity index (χ3n) is 4.10. The number of fused-ring (bicyclic) bond motifs is 1. The second kappa shape index (κ2) is 7.62. The van der Waals surface area contributed by atoms with Gasteiger partial charge < -0.3 is 0 Å². The topological polar surface area (TPSA) is 34.9 Å². The van der Waals surface area contributed by atoms with E-state index in [1.165, 1.54) is 41.3 Å². The SMILES string of the molecule is O=c1c2sccc2nc(SCc2ccccc2F)n1Cc1ccc(F)cc1. The molecule has 0 unspecified atom stereocenters. The molecule has 0 fully saturated rings. The van der Waals surface area contributed by atoms with Crippen LogP contribution in [0.1, 0.15) is 11.1 Å². The van der Waals surface area contributed by atoms with Gasteiger partial charge in [-0.1, -0.05) is 42.1 Å².